The van der Waals surface area contributed by atoms with Crippen molar-refractivity contribution in [2.45, 2.75) is 46.6 Å². The number of primary amides is 1. The second-order valence-corrected chi connectivity index (χ2v) is 8.63. The molecule has 0 atom stereocenters. The highest BCUT2D eigenvalue weighted by atomic mass is 16.5. The minimum Gasteiger partial charge on any atom is -0.494 e. The van der Waals surface area contributed by atoms with Crippen LogP contribution >= 0.6 is 0 Å². The highest BCUT2D eigenvalue weighted by Gasteiger charge is 2.19. The number of fused-ring (bicyclic) bond motifs is 1. The fourth-order valence-corrected chi connectivity index (χ4v) is 3.82. The normalized spacial score (nSPS) is 11.0. The Morgan fingerprint density at radius 3 is 2.52 bits per heavy atom. The van der Waals surface area contributed by atoms with E-state index >= 15 is 0 Å². The number of nitrogens with two attached hydrogens (primary N) is 1. The smallest absolute Gasteiger partial charge is 0.404 e. The molecule has 0 radical (unpaired) electrons. The molecule has 0 aliphatic rings. The number of nitrogens with zero attached hydrogens (tertiary/aromatic N) is 1. The SMILES string of the molecule is Cc1ccc(-c2c(CNC(=O)O)c(CC(C)C)nc3ccc(OCCCC(N)=O)cc23)cc1. The van der Waals surface area contributed by atoms with Gasteiger partial charge in [0.05, 0.1) is 12.1 Å². The van der Waals surface area contributed by atoms with Crippen LogP contribution in [0.15, 0.2) is 42.5 Å². The maximum atomic E-state index is 11.3. The topological polar surface area (TPSA) is 115 Å². The van der Waals surface area contributed by atoms with Crippen molar-refractivity contribution >= 4 is 22.9 Å². The molecule has 3 aromatic rings. The van der Waals surface area contributed by atoms with Gasteiger partial charge in [0.15, 0.2) is 0 Å². The van der Waals surface area contributed by atoms with Crippen LogP contribution in [0.4, 0.5) is 4.79 Å². The first-order valence-electron chi connectivity index (χ1n) is 11.1. The number of carbonyl (C=O) groups is 2. The predicted molar refractivity (Wildman–Crippen MR) is 129 cm³/mol. The summed E-state index contributed by atoms with van der Waals surface area (Å²) >= 11 is 0. The van der Waals surface area contributed by atoms with E-state index in [1.807, 2.05) is 49.4 Å². The lowest BCUT2D eigenvalue weighted by Crippen LogP contribution is -2.22. The van der Waals surface area contributed by atoms with Gasteiger partial charge in [-0.3, -0.25) is 9.78 Å². The Hall–Kier alpha value is -3.61. The van der Waals surface area contributed by atoms with Gasteiger partial charge in [-0.05, 0) is 55.0 Å². The number of pyridine rings is 1. The average Bonchev–Trinajstić information content (AvgIpc) is 2.75. The molecular formula is C26H31N3O4. The number of ether oxygens (including phenoxy) is 1. The number of aryl methyl sites for hydroxylation is 1. The zero-order valence-corrected chi connectivity index (χ0v) is 19.4. The molecule has 1 aromatic heterocycles. The molecule has 0 spiro atoms. The van der Waals surface area contributed by atoms with E-state index in [0.717, 1.165) is 45.3 Å². The van der Waals surface area contributed by atoms with E-state index in [2.05, 4.69) is 19.2 Å². The van der Waals surface area contributed by atoms with Crippen molar-refractivity contribution in [3.63, 3.8) is 0 Å². The van der Waals surface area contributed by atoms with E-state index in [9.17, 15) is 14.7 Å². The summed E-state index contributed by atoms with van der Waals surface area (Å²) in [5.74, 6) is 0.671. The molecular weight excluding hydrogens is 418 g/mol. The lowest BCUT2D eigenvalue weighted by molar-refractivity contribution is -0.118. The van der Waals surface area contributed by atoms with Crippen molar-refractivity contribution in [1.82, 2.24) is 10.3 Å². The Bertz CT molecular complexity index is 1140. The molecule has 0 bridgehead atoms. The quantitative estimate of drug-likeness (QED) is 0.384. The molecule has 7 nitrogen and oxygen atoms in total. The van der Waals surface area contributed by atoms with Crippen LogP contribution in [-0.2, 0) is 17.8 Å². The van der Waals surface area contributed by atoms with E-state index in [0.29, 0.717) is 24.7 Å². The Morgan fingerprint density at radius 1 is 1.15 bits per heavy atom. The summed E-state index contributed by atoms with van der Waals surface area (Å²) in [6.45, 7) is 6.81. The zero-order chi connectivity index (χ0) is 24.0. The van der Waals surface area contributed by atoms with Gasteiger partial charge in [-0.15, -0.1) is 0 Å². The van der Waals surface area contributed by atoms with Crippen LogP contribution in [0, 0.1) is 12.8 Å². The summed E-state index contributed by atoms with van der Waals surface area (Å²) in [6, 6.07) is 13.9. The van der Waals surface area contributed by atoms with Crippen molar-refractivity contribution in [2.75, 3.05) is 6.61 Å². The Kier molecular flexibility index (Phi) is 7.87. The first kappa shape index (κ1) is 24.0. The van der Waals surface area contributed by atoms with Gasteiger partial charge in [0, 0.05) is 29.6 Å². The van der Waals surface area contributed by atoms with Crippen molar-refractivity contribution < 1.29 is 19.4 Å². The minimum absolute atomic E-state index is 0.160. The molecule has 2 amide bonds. The summed E-state index contributed by atoms with van der Waals surface area (Å²) in [6.07, 6.45) is 0.466. The molecule has 4 N–H and O–H groups in total. The van der Waals surface area contributed by atoms with E-state index in [1.54, 1.807) is 0 Å². The molecule has 0 fully saturated rings. The van der Waals surface area contributed by atoms with Crippen LogP contribution in [0.2, 0.25) is 0 Å². The van der Waals surface area contributed by atoms with Gasteiger partial charge in [0.1, 0.15) is 5.75 Å². The average molecular weight is 450 g/mol. The monoisotopic (exact) mass is 449 g/mol. The minimum atomic E-state index is -1.08. The molecule has 33 heavy (non-hydrogen) atoms. The number of hydrogen-bond donors (Lipinski definition) is 3. The summed E-state index contributed by atoms with van der Waals surface area (Å²) < 4.78 is 5.86. The Balaban J connectivity index is 2.15. The number of hydrogen-bond acceptors (Lipinski definition) is 4. The molecule has 3 rings (SSSR count). The number of carbonyl (C=O) groups excluding carboxylic acids is 1. The van der Waals surface area contributed by atoms with Gasteiger partial charge >= 0.3 is 6.09 Å². The fourth-order valence-electron chi connectivity index (χ4n) is 3.82. The molecule has 174 valence electrons. The summed E-state index contributed by atoms with van der Waals surface area (Å²) in [4.78, 5) is 27.2. The summed E-state index contributed by atoms with van der Waals surface area (Å²) in [5, 5.41) is 12.7. The summed E-state index contributed by atoms with van der Waals surface area (Å²) in [7, 11) is 0. The van der Waals surface area contributed by atoms with Crippen LogP contribution in [-0.4, -0.2) is 28.7 Å². The maximum absolute atomic E-state index is 11.3. The van der Waals surface area contributed by atoms with Crippen LogP contribution < -0.4 is 15.8 Å². The molecule has 0 saturated carbocycles. The van der Waals surface area contributed by atoms with Gasteiger partial charge in [0.25, 0.3) is 0 Å². The number of nitrogens with one attached hydrogen (secondary N) is 1. The highest BCUT2D eigenvalue weighted by Crippen LogP contribution is 2.36. The van der Waals surface area contributed by atoms with Crippen molar-refractivity contribution in [3.8, 4) is 16.9 Å². The Labute approximate surface area is 194 Å². The first-order chi connectivity index (χ1) is 15.7. The van der Waals surface area contributed by atoms with E-state index in [4.69, 9.17) is 15.5 Å². The van der Waals surface area contributed by atoms with Crippen molar-refractivity contribution in [1.29, 1.82) is 0 Å². The second kappa shape index (κ2) is 10.8. The molecule has 1 heterocycles. The van der Waals surface area contributed by atoms with Crippen LogP contribution in [0.5, 0.6) is 5.75 Å². The number of carboxylic acid groups (broad SMARTS) is 1. The lowest BCUT2D eigenvalue weighted by atomic mass is 9.91. The van der Waals surface area contributed by atoms with Gasteiger partial charge in [-0.2, -0.15) is 0 Å². The molecule has 7 heteroatoms. The molecule has 0 unspecified atom stereocenters. The summed E-state index contributed by atoms with van der Waals surface area (Å²) in [5.41, 5.74) is 10.9. The molecule has 0 aliphatic carbocycles. The molecule has 2 aromatic carbocycles. The zero-order valence-electron chi connectivity index (χ0n) is 19.4. The first-order valence-corrected chi connectivity index (χ1v) is 11.1. The van der Waals surface area contributed by atoms with Gasteiger partial charge in [-0.25, -0.2) is 4.79 Å². The third-order valence-electron chi connectivity index (χ3n) is 5.34. The number of amides is 2. The van der Waals surface area contributed by atoms with Crippen LogP contribution in [0.1, 0.15) is 43.5 Å². The number of rotatable bonds is 10. The van der Waals surface area contributed by atoms with Gasteiger partial charge in [0.2, 0.25) is 5.91 Å². The van der Waals surface area contributed by atoms with Crippen molar-refractivity contribution in [3.05, 3.63) is 59.3 Å². The third kappa shape index (κ3) is 6.44. The number of aromatic nitrogens is 1. The van der Waals surface area contributed by atoms with Crippen LogP contribution in [0.3, 0.4) is 0 Å². The predicted octanol–water partition coefficient (Wildman–Crippen LogP) is 4.82. The maximum Gasteiger partial charge on any atom is 0.404 e. The largest absolute Gasteiger partial charge is 0.494 e. The van der Waals surface area contributed by atoms with Gasteiger partial charge < -0.3 is 20.9 Å². The third-order valence-corrected chi connectivity index (χ3v) is 5.34. The highest BCUT2D eigenvalue weighted by molar-refractivity contribution is 5.97. The van der Waals surface area contributed by atoms with E-state index in [-0.39, 0.29) is 18.9 Å². The molecule has 0 saturated heterocycles. The number of benzene rings is 2. The second-order valence-electron chi connectivity index (χ2n) is 8.63. The van der Waals surface area contributed by atoms with Gasteiger partial charge in [-0.1, -0.05) is 43.7 Å². The fraction of sp³-hybridized carbons (Fsp3) is 0.346. The van der Waals surface area contributed by atoms with Crippen LogP contribution in [0.25, 0.3) is 22.0 Å². The lowest BCUT2D eigenvalue weighted by Gasteiger charge is -2.19. The van der Waals surface area contributed by atoms with E-state index < -0.39 is 6.09 Å². The van der Waals surface area contributed by atoms with E-state index in [1.165, 1.54) is 0 Å². The Morgan fingerprint density at radius 2 is 1.88 bits per heavy atom. The standard InChI is InChI=1S/C26H31N3O4/c1-16(2)13-23-21(15-28-26(31)32)25(18-8-6-17(3)7-9-18)20-14-19(10-11-22(20)29-23)33-12-4-5-24(27)30/h6-11,14,16,28H,4-5,12-13,15H2,1-3H3,(H2,27,30)(H,31,32). The molecule has 0 aliphatic heterocycles. The van der Waals surface area contributed by atoms with Crippen molar-refractivity contribution in [2.24, 2.45) is 11.7 Å².